The van der Waals surface area contributed by atoms with Crippen LogP contribution in [0.3, 0.4) is 0 Å². The third kappa shape index (κ3) is 6.86. The minimum atomic E-state index is -0.537. The van der Waals surface area contributed by atoms with Crippen molar-refractivity contribution in [3.63, 3.8) is 0 Å². The minimum absolute atomic E-state index is 0.0483. The number of nitrogens with zero attached hydrogens (tertiary/aromatic N) is 3. The molecule has 3 fully saturated rings. The van der Waals surface area contributed by atoms with Gasteiger partial charge in [0.1, 0.15) is 0 Å². The molecular formula is C28H40N4O4. The van der Waals surface area contributed by atoms with E-state index in [9.17, 15) is 19.2 Å². The number of rotatable bonds is 11. The molecule has 0 spiro atoms. The van der Waals surface area contributed by atoms with Crippen LogP contribution in [0, 0.1) is 5.92 Å². The Morgan fingerprint density at radius 3 is 2.17 bits per heavy atom. The van der Waals surface area contributed by atoms with Crippen LogP contribution in [0.2, 0.25) is 0 Å². The van der Waals surface area contributed by atoms with Crippen molar-refractivity contribution in [2.45, 2.75) is 70.3 Å². The predicted molar refractivity (Wildman–Crippen MR) is 137 cm³/mol. The molecule has 4 amide bonds. The van der Waals surface area contributed by atoms with Gasteiger partial charge in [-0.3, -0.25) is 19.2 Å². The number of carbonyl (C=O) groups excluding carboxylic acids is 4. The van der Waals surface area contributed by atoms with Gasteiger partial charge in [-0.2, -0.15) is 0 Å². The van der Waals surface area contributed by atoms with E-state index in [1.807, 2.05) is 30.3 Å². The molecule has 1 saturated carbocycles. The van der Waals surface area contributed by atoms with Gasteiger partial charge in [0.05, 0.1) is 0 Å². The molecule has 0 aromatic heterocycles. The van der Waals surface area contributed by atoms with E-state index in [1.165, 1.54) is 32.1 Å². The fourth-order valence-electron chi connectivity index (χ4n) is 5.77. The van der Waals surface area contributed by atoms with E-state index in [0.29, 0.717) is 51.6 Å². The van der Waals surface area contributed by atoms with Crippen molar-refractivity contribution in [3.8, 4) is 0 Å². The summed E-state index contributed by atoms with van der Waals surface area (Å²) < 4.78 is 0. The Morgan fingerprint density at radius 1 is 0.750 bits per heavy atom. The second-order valence-corrected chi connectivity index (χ2v) is 10.5. The maximum absolute atomic E-state index is 12.7. The molecule has 3 aliphatic rings. The fourth-order valence-corrected chi connectivity index (χ4v) is 5.77. The molecule has 2 aliphatic heterocycles. The Labute approximate surface area is 214 Å². The molecule has 8 heteroatoms. The molecule has 1 N–H and O–H groups in total. The van der Waals surface area contributed by atoms with Crippen LogP contribution < -0.4 is 5.32 Å². The summed E-state index contributed by atoms with van der Waals surface area (Å²) in [5.41, 5.74) is 1.14. The molecular weight excluding hydrogens is 456 g/mol. The molecule has 2 saturated heterocycles. The average Bonchev–Trinajstić information content (AvgIpc) is 2.91. The number of carbonyl (C=O) groups is 4. The van der Waals surface area contributed by atoms with Gasteiger partial charge in [-0.1, -0.05) is 62.4 Å². The van der Waals surface area contributed by atoms with Crippen molar-refractivity contribution >= 4 is 23.6 Å². The first kappa shape index (κ1) is 26.2. The van der Waals surface area contributed by atoms with Crippen LogP contribution in [0.25, 0.3) is 0 Å². The fraction of sp³-hybridized carbons (Fsp3) is 0.643. The molecule has 1 aromatic rings. The molecule has 1 aliphatic carbocycles. The van der Waals surface area contributed by atoms with Crippen molar-refractivity contribution in [2.75, 3.05) is 39.3 Å². The van der Waals surface area contributed by atoms with E-state index >= 15 is 0 Å². The summed E-state index contributed by atoms with van der Waals surface area (Å²) >= 11 is 0. The Kier molecular flexibility index (Phi) is 9.36. The Morgan fingerprint density at radius 2 is 1.44 bits per heavy atom. The molecule has 2 heterocycles. The Balaban J connectivity index is 1.19. The van der Waals surface area contributed by atoms with Crippen molar-refractivity contribution in [3.05, 3.63) is 35.9 Å². The van der Waals surface area contributed by atoms with E-state index in [1.54, 1.807) is 14.7 Å². The van der Waals surface area contributed by atoms with E-state index in [-0.39, 0.29) is 17.9 Å². The quantitative estimate of drug-likeness (QED) is 0.376. The van der Waals surface area contributed by atoms with Crippen LogP contribution in [0.4, 0.5) is 0 Å². The number of nitrogens with one attached hydrogen (secondary N) is 1. The topological polar surface area (TPSA) is 90.0 Å². The van der Waals surface area contributed by atoms with Gasteiger partial charge in [0.2, 0.25) is 0 Å². The van der Waals surface area contributed by atoms with Crippen LogP contribution >= 0.6 is 0 Å². The zero-order chi connectivity index (χ0) is 25.3. The molecule has 0 radical (unpaired) electrons. The van der Waals surface area contributed by atoms with Crippen molar-refractivity contribution < 1.29 is 19.2 Å². The first-order valence-corrected chi connectivity index (χ1v) is 13.7. The van der Waals surface area contributed by atoms with Gasteiger partial charge in [-0.25, -0.2) is 0 Å². The standard InChI is InChI=1S/C28H40N4O4/c33-25-26(34)32(18-15-23-11-5-2-6-12-23)24(21-29-25)13-7-8-16-30-19-20-31(28(36)27(30)35)17-14-22-9-3-1-4-10-22/h2,5-6,11-12,22,24H,1,3-4,7-10,13-21H2,(H,29,33)/t24-/m0/s1. The number of benzene rings is 1. The molecule has 0 bridgehead atoms. The van der Waals surface area contributed by atoms with Gasteiger partial charge in [0.15, 0.2) is 0 Å². The summed E-state index contributed by atoms with van der Waals surface area (Å²) in [6.45, 7) is 3.43. The van der Waals surface area contributed by atoms with Crippen molar-refractivity contribution in [1.29, 1.82) is 0 Å². The van der Waals surface area contributed by atoms with Crippen LogP contribution in [0.1, 0.15) is 63.4 Å². The zero-order valence-electron chi connectivity index (χ0n) is 21.3. The van der Waals surface area contributed by atoms with Crippen LogP contribution in [0.5, 0.6) is 0 Å². The van der Waals surface area contributed by atoms with Crippen molar-refractivity contribution in [1.82, 2.24) is 20.0 Å². The summed E-state index contributed by atoms with van der Waals surface area (Å²) in [5, 5.41) is 2.71. The van der Waals surface area contributed by atoms with E-state index in [0.717, 1.165) is 31.2 Å². The average molecular weight is 497 g/mol. The van der Waals surface area contributed by atoms with Crippen LogP contribution in [-0.2, 0) is 25.6 Å². The van der Waals surface area contributed by atoms with E-state index < -0.39 is 11.8 Å². The Bertz CT molecular complexity index is 915. The zero-order valence-corrected chi connectivity index (χ0v) is 21.3. The maximum atomic E-state index is 12.7. The second kappa shape index (κ2) is 12.9. The lowest BCUT2D eigenvalue weighted by Crippen LogP contribution is -2.58. The van der Waals surface area contributed by atoms with Gasteiger partial charge in [0, 0.05) is 45.3 Å². The predicted octanol–water partition coefficient (Wildman–Crippen LogP) is 2.37. The lowest BCUT2D eigenvalue weighted by Gasteiger charge is -2.36. The highest BCUT2D eigenvalue weighted by Gasteiger charge is 2.34. The number of piperazine rings is 2. The van der Waals surface area contributed by atoms with Crippen molar-refractivity contribution in [2.24, 2.45) is 5.92 Å². The minimum Gasteiger partial charge on any atom is -0.346 e. The van der Waals surface area contributed by atoms with Gasteiger partial charge >= 0.3 is 23.6 Å². The summed E-state index contributed by atoms with van der Waals surface area (Å²) in [7, 11) is 0. The summed E-state index contributed by atoms with van der Waals surface area (Å²) in [4.78, 5) is 54.9. The third-order valence-corrected chi connectivity index (χ3v) is 8.02. The third-order valence-electron chi connectivity index (χ3n) is 8.02. The SMILES string of the molecule is O=C1NC[C@H](CCCCN2CCN(CCC3CCCCC3)C(=O)C2=O)N(CCc2ccccc2)C1=O. The van der Waals surface area contributed by atoms with E-state index in [2.05, 4.69) is 5.32 Å². The molecule has 8 nitrogen and oxygen atoms in total. The molecule has 196 valence electrons. The number of unbranched alkanes of at least 4 members (excludes halogenated alkanes) is 1. The summed E-state index contributed by atoms with van der Waals surface area (Å²) in [6.07, 6.45) is 10.5. The first-order chi connectivity index (χ1) is 17.5. The molecule has 4 rings (SSSR count). The Hall–Kier alpha value is -2.90. The lowest BCUT2D eigenvalue weighted by molar-refractivity contribution is -0.156. The first-order valence-electron chi connectivity index (χ1n) is 13.7. The summed E-state index contributed by atoms with van der Waals surface area (Å²) in [5.74, 6) is -1.04. The van der Waals surface area contributed by atoms with Gasteiger partial charge < -0.3 is 20.0 Å². The molecule has 1 aromatic carbocycles. The van der Waals surface area contributed by atoms with Crippen LogP contribution in [-0.4, -0.2) is 83.6 Å². The smallest absolute Gasteiger partial charge is 0.312 e. The van der Waals surface area contributed by atoms with Gasteiger partial charge in [0.25, 0.3) is 0 Å². The number of hydrogen-bond donors (Lipinski definition) is 1. The highest BCUT2D eigenvalue weighted by atomic mass is 16.2. The molecule has 36 heavy (non-hydrogen) atoms. The summed E-state index contributed by atoms with van der Waals surface area (Å²) in [6, 6.07) is 9.91. The van der Waals surface area contributed by atoms with Crippen LogP contribution in [0.15, 0.2) is 30.3 Å². The van der Waals surface area contributed by atoms with Gasteiger partial charge in [-0.05, 0) is 43.6 Å². The van der Waals surface area contributed by atoms with Gasteiger partial charge in [-0.15, -0.1) is 0 Å². The number of amides is 4. The van der Waals surface area contributed by atoms with E-state index in [4.69, 9.17) is 0 Å². The lowest BCUT2D eigenvalue weighted by atomic mass is 9.87. The molecule has 1 atom stereocenters. The monoisotopic (exact) mass is 496 g/mol. The largest absolute Gasteiger partial charge is 0.346 e. The number of hydrogen-bond acceptors (Lipinski definition) is 4. The normalized spacial score (nSPS) is 21.8. The molecule has 0 unspecified atom stereocenters. The highest BCUT2D eigenvalue weighted by Crippen LogP contribution is 2.26. The second-order valence-electron chi connectivity index (χ2n) is 10.5. The maximum Gasteiger partial charge on any atom is 0.312 e. The highest BCUT2D eigenvalue weighted by molar-refractivity contribution is 6.36.